The maximum atomic E-state index is 12.9. The minimum Gasteiger partial charge on any atom is -0.497 e. The van der Waals surface area contributed by atoms with Crippen LogP contribution in [-0.2, 0) is 0 Å². The van der Waals surface area contributed by atoms with Gasteiger partial charge in [0.15, 0.2) is 0 Å². The standard InChI is InChI=1S/C15H15FO3/c1-18-13-7-5-11(6-8-13)15(17)10-19-14-4-2-3-12(16)9-14/h2-9,15,17H,10H2,1H3. The Hall–Kier alpha value is -2.07. The molecule has 0 spiro atoms. The van der Waals surface area contributed by atoms with Crippen LogP contribution in [0.15, 0.2) is 48.5 Å². The highest BCUT2D eigenvalue weighted by Gasteiger charge is 2.08. The Balaban J connectivity index is 1.95. The first kappa shape index (κ1) is 13.4. The topological polar surface area (TPSA) is 38.7 Å². The maximum Gasteiger partial charge on any atom is 0.126 e. The fourth-order valence-electron chi connectivity index (χ4n) is 1.65. The van der Waals surface area contributed by atoms with Crippen LogP contribution in [0, 0.1) is 5.82 Å². The molecular weight excluding hydrogens is 247 g/mol. The Labute approximate surface area is 111 Å². The number of halogens is 1. The summed E-state index contributed by atoms with van der Waals surface area (Å²) in [6.07, 6.45) is -0.769. The molecule has 1 unspecified atom stereocenters. The molecule has 0 fully saturated rings. The van der Waals surface area contributed by atoms with Crippen molar-refractivity contribution in [2.45, 2.75) is 6.10 Å². The molecule has 0 aliphatic rings. The molecule has 0 saturated heterocycles. The molecule has 0 heterocycles. The van der Waals surface area contributed by atoms with E-state index in [4.69, 9.17) is 9.47 Å². The summed E-state index contributed by atoms with van der Waals surface area (Å²) in [5.74, 6) is 0.756. The number of aliphatic hydroxyl groups is 1. The van der Waals surface area contributed by atoms with Crippen LogP contribution in [0.25, 0.3) is 0 Å². The van der Waals surface area contributed by atoms with Crippen LogP contribution in [-0.4, -0.2) is 18.8 Å². The van der Waals surface area contributed by atoms with Gasteiger partial charge in [-0.2, -0.15) is 0 Å². The largest absolute Gasteiger partial charge is 0.497 e. The summed E-state index contributed by atoms with van der Waals surface area (Å²) in [5.41, 5.74) is 0.720. The minimum atomic E-state index is -0.769. The van der Waals surface area contributed by atoms with Gasteiger partial charge >= 0.3 is 0 Å². The van der Waals surface area contributed by atoms with Gasteiger partial charge in [-0.3, -0.25) is 0 Å². The van der Waals surface area contributed by atoms with Crippen molar-refractivity contribution in [1.82, 2.24) is 0 Å². The van der Waals surface area contributed by atoms with Crippen LogP contribution in [0.1, 0.15) is 11.7 Å². The first-order valence-electron chi connectivity index (χ1n) is 5.89. The van der Waals surface area contributed by atoms with Crippen LogP contribution in [0.5, 0.6) is 11.5 Å². The summed E-state index contributed by atoms with van der Waals surface area (Å²) in [6, 6.07) is 12.9. The lowest BCUT2D eigenvalue weighted by Crippen LogP contribution is -2.09. The van der Waals surface area contributed by atoms with Gasteiger partial charge < -0.3 is 14.6 Å². The van der Waals surface area contributed by atoms with E-state index in [1.54, 1.807) is 43.5 Å². The van der Waals surface area contributed by atoms with Crippen molar-refractivity contribution >= 4 is 0 Å². The van der Waals surface area contributed by atoms with E-state index in [1.807, 2.05) is 0 Å². The van der Waals surface area contributed by atoms with Gasteiger partial charge in [-0.05, 0) is 29.8 Å². The zero-order valence-electron chi connectivity index (χ0n) is 10.5. The highest BCUT2D eigenvalue weighted by atomic mass is 19.1. The lowest BCUT2D eigenvalue weighted by molar-refractivity contribution is 0.108. The van der Waals surface area contributed by atoms with Gasteiger partial charge in [0.1, 0.15) is 30.0 Å². The molecule has 1 N–H and O–H groups in total. The number of hydrogen-bond acceptors (Lipinski definition) is 3. The second-order valence-electron chi connectivity index (χ2n) is 4.06. The predicted molar refractivity (Wildman–Crippen MR) is 69.8 cm³/mol. The number of methoxy groups -OCH3 is 1. The van der Waals surface area contributed by atoms with E-state index < -0.39 is 6.10 Å². The van der Waals surface area contributed by atoms with Gasteiger partial charge in [-0.1, -0.05) is 18.2 Å². The van der Waals surface area contributed by atoms with Crippen LogP contribution >= 0.6 is 0 Å². The molecule has 2 aromatic carbocycles. The summed E-state index contributed by atoms with van der Waals surface area (Å²) in [7, 11) is 1.58. The van der Waals surface area contributed by atoms with Crippen LogP contribution in [0.2, 0.25) is 0 Å². The minimum absolute atomic E-state index is 0.0653. The normalized spacial score (nSPS) is 11.9. The smallest absolute Gasteiger partial charge is 0.126 e. The fraction of sp³-hybridized carbons (Fsp3) is 0.200. The molecule has 0 radical (unpaired) electrons. The number of ether oxygens (including phenoxy) is 2. The van der Waals surface area contributed by atoms with Crippen molar-refractivity contribution in [1.29, 1.82) is 0 Å². The molecular formula is C15H15FO3. The Morgan fingerprint density at radius 1 is 1.11 bits per heavy atom. The number of hydrogen-bond donors (Lipinski definition) is 1. The van der Waals surface area contributed by atoms with Crippen LogP contribution in [0.3, 0.4) is 0 Å². The van der Waals surface area contributed by atoms with E-state index in [9.17, 15) is 9.50 Å². The molecule has 0 amide bonds. The Bertz CT molecular complexity index is 525. The first-order valence-corrected chi connectivity index (χ1v) is 5.89. The molecule has 1 atom stereocenters. The molecule has 0 aromatic heterocycles. The van der Waals surface area contributed by atoms with E-state index in [0.29, 0.717) is 5.75 Å². The van der Waals surface area contributed by atoms with Crippen molar-refractivity contribution in [3.8, 4) is 11.5 Å². The predicted octanol–water partition coefficient (Wildman–Crippen LogP) is 2.95. The average Bonchev–Trinajstić information content (AvgIpc) is 2.45. The van der Waals surface area contributed by atoms with Crippen molar-refractivity contribution in [3.63, 3.8) is 0 Å². The van der Waals surface area contributed by atoms with Crippen LogP contribution < -0.4 is 9.47 Å². The Morgan fingerprint density at radius 2 is 1.84 bits per heavy atom. The molecule has 0 aliphatic heterocycles. The third kappa shape index (κ3) is 3.69. The monoisotopic (exact) mass is 262 g/mol. The zero-order chi connectivity index (χ0) is 13.7. The Kier molecular flexibility index (Phi) is 4.36. The Morgan fingerprint density at radius 3 is 2.47 bits per heavy atom. The molecule has 2 rings (SSSR count). The number of rotatable bonds is 5. The van der Waals surface area contributed by atoms with Crippen molar-refractivity contribution < 1.29 is 19.0 Å². The van der Waals surface area contributed by atoms with Crippen molar-refractivity contribution in [2.75, 3.05) is 13.7 Å². The number of aliphatic hydroxyl groups excluding tert-OH is 1. The SMILES string of the molecule is COc1ccc(C(O)COc2cccc(F)c2)cc1. The summed E-state index contributed by atoms with van der Waals surface area (Å²) < 4.78 is 23.3. The molecule has 3 nitrogen and oxygen atoms in total. The molecule has 100 valence electrons. The second-order valence-corrected chi connectivity index (χ2v) is 4.06. The van der Waals surface area contributed by atoms with Gasteiger partial charge in [-0.25, -0.2) is 4.39 Å². The van der Waals surface area contributed by atoms with Crippen LogP contribution in [0.4, 0.5) is 4.39 Å². The highest BCUT2D eigenvalue weighted by Crippen LogP contribution is 2.19. The fourth-order valence-corrected chi connectivity index (χ4v) is 1.65. The molecule has 0 bridgehead atoms. The summed E-state index contributed by atoms with van der Waals surface area (Å²) in [4.78, 5) is 0. The molecule has 0 aliphatic carbocycles. The molecule has 2 aromatic rings. The van der Waals surface area contributed by atoms with Gasteiger partial charge in [0.05, 0.1) is 7.11 Å². The van der Waals surface area contributed by atoms with E-state index >= 15 is 0 Å². The summed E-state index contributed by atoms with van der Waals surface area (Å²) in [5, 5.41) is 9.96. The van der Waals surface area contributed by atoms with E-state index in [2.05, 4.69) is 0 Å². The average molecular weight is 262 g/mol. The quantitative estimate of drug-likeness (QED) is 0.900. The first-order chi connectivity index (χ1) is 9.19. The maximum absolute atomic E-state index is 12.9. The molecule has 0 saturated carbocycles. The second kappa shape index (κ2) is 6.20. The highest BCUT2D eigenvalue weighted by molar-refractivity contribution is 5.29. The van der Waals surface area contributed by atoms with E-state index in [0.717, 1.165) is 11.3 Å². The zero-order valence-corrected chi connectivity index (χ0v) is 10.5. The van der Waals surface area contributed by atoms with Gasteiger partial charge in [0.25, 0.3) is 0 Å². The van der Waals surface area contributed by atoms with E-state index in [-0.39, 0.29) is 12.4 Å². The summed E-state index contributed by atoms with van der Waals surface area (Å²) >= 11 is 0. The third-order valence-corrected chi connectivity index (χ3v) is 2.70. The summed E-state index contributed by atoms with van der Waals surface area (Å²) in [6.45, 7) is 0.0653. The van der Waals surface area contributed by atoms with Crippen molar-refractivity contribution in [2.24, 2.45) is 0 Å². The van der Waals surface area contributed by atoms with Gasteiger partial charge in [0.2, 0.25) is 0 Å². The number of benzene rings is 2. The van der Waals surface area contributed by atoms with E-state index in [1.165, 1.54) is 12.1 Å². The van der Waals surface area contributed by atoms with Gasteiger partial charge in [-0.15, -0.1) is 0 Å². The lowest BCUT2D eigenvalue weighted by Gasteiger charge is -2.13. The van der Waals surface area contributed by atoms with Crippen molar-refractivity contribution in [3.05, 3.63) is 59.9 Å². The molecule has 4 heteroatoms. The van der Waals surface area contributed by atoms with Gasteiger partial charge in [0, 0.05) is 6.07 Å². The molecule has 19 heavy (non-hydrogen) atoms. The lowest BCUT2D eigenvalue weighted by atomic mass is 10.1. The third-order valence-electron chi connectivity index (χ3n) is 2.70.